The van der Waals surface area contributed by atoms with Gasteiger partial charge in [0.15, 0.2) is 0 Å². The summed E-state index contributed by atoms with van der Waals surface area (Å²) >= 11 is 0. The minimum Gasteiger partial charge on any atom is -0.465 e. The lowest BCUT2D eigenvalue weighted by Gasteiger charge is -2.17. The van der Waals surface area contributed by atoms with Crippen molar-refractivity contribution in [2.45, 2.75) is 46.1 Å². The molecular formula is C16H26N2O2. The van der Waals surface area contributed by atoms with Crippen LogP contribution in [0.1, 0.15) is 50.4 Å². The fourth-order valence-electron chi connectivity index (χ4n) is 2.12. The smallest absolute Gasteiger partial charge is 0.340 e. The van der Waals surface area contributed by atoms with E-state index in [4.69, 9.17) is 10.5 Å². The van der Waals surface area contributed by atoms with E-state index >= 15 is 0 Å². The lowest BCUT2D eigenvalue weighted by molar-refractivity contribution is 0.0602. The third-order valence-corrected chi connectivity index (χ3v) is 3.29. The zero-order valence-electron chi connectivity index (χ0n) is 12.9. The van der Waals surface area contributed by atoms with Gasteiger partial charge in [0, 0.05) is 17.4 Å². The number of hydrogen-bond donors (Lipinski definition) is 2. The van der Waals surface area contributed by atoms with Crippen molar-refractivity contribution in [3.05, 3.63) is 23.8 Å². The van der Waals surface area contributed by atoms with Crippen LogP contribution in [-0.2, 0) is 4.74 Å². The van der Waals surface area contributed by atoms with E-state index < -0.39 is 5.97 Å². The zero-order chi connectivity index (χ0) is 15.1. The summed E-state index contributed by atoms with van der Waals surface area (Å²) in [7, 11) is 1.36. The van der Waals surface area contributed by atoms with Crippen molar-refractivity contribution in [2.24, 2.45) is 5.92 Å². The van der Waals surface area contributed by atoms with Crippen molar-refractivity contribution in [3.63, 3.8) is 0 Å². The lowest BCUT2D eigenvalue weighted by Crippen LogP contribution is -2.16. The molecule has 0 saturated heterocycles. The SMILES string of the molecule is COC(=O)c1cc(NC(C)CCCC(C)C)ccc1N. The highest BCUT2D eigenvalue weighted by Crippen LogP contribution is 2.20. The molecule has 4 heteroatoms. The van der Waals surface area contributed by atoms with Gasteiger partial charge in [0.25, 0.3) is 0 Å². The number of anilines is 2. The maximum absolute atomic E-state index is 11.6. The van der Waals surface area contributed by atoms with Gasteiger partial charge < -0.3 is 15.8 Å². The molecule has 0 aliphatic rings. The van der Waals surface area contributed by atoms with E-state index in [9.17, 15) is 4.79 Å². The summed E-state index contributed by atoms with van der Waals surface area (Å²) in [5.41, 5.74) is 7.53. The van der Waals surface area contributed by atoms with Gasteiger partial charge >= 0.3 is 5.97 Å². The van der Waals surface area contributed by atoms with Crippen LogP contribution in [-0.4, -0.2) is 19.1 Å². The summed E-state index contributed by atoms with van der Waals surface area (Å²) in [6.45, 7) is 6.62. The Balaban J connectivity index is 2.61. The maximum atomic E-state index is 11.6. The van der Waals surface area contributed by atoms with Gasteiger partial charge in [-0.15, -0.1) is 0 Å². The topological polar surface area (TPSA) is 64.3 Å². The highest BCUT2D eigenvalue weighted by molar-refractivity contribution is 5.96. The molecule has 1 unspecified atom stereocenters. The van der Waals surface area contributed by atoms with Crippen LogP contribution in [0.5, 0.6) is 0 Å². The van der Waals surface area contributed by atoms with Gasteiger partial charge in [-0.2, -0.15) is 0 Å². The van der Waals surface area contributed by atoms with E-state index in [2.05, 4.69) is 26.1 Å². The van der Waals surface area contributed by atoms with Gasteiger partial charge in [-0.3, -0.25) is 0 Å². The van der Waals surface area contributed by atoms with Crippen LogP contribution >= 0.6 is 0 Å². The fraction of sp³-hybridized carbons (Fsp3) is 0.562. The Labute approximate surface area is 121 Å². The quantitative estimate of drug-likeness (QED) is 0.590. The Hall–Kier alpha value is -1.71. The first-order valence-electron chi connectivity index (χ1n) is 7.18. The van der Waals surface area contributed by atoms with E-state index in [0.29, 0.717) is 17.3 Å². The van der Waals surface area contributed by atoms with Gasteiger partial charge in [-0.05, 0) is 37.5 Å². The van der Waals surface area contributed by atoms with Crippen molar-refractivity contribution in [3.8, 4) is 0 Å². The fourth-order valence-corrected chi connectivity index (χ4v) is 2.12. The summed E-state index contributed by atoms with van der Waals surface area (Å²) in [4.78, 5) is 11.6. The second kappa shape index (κ2) is 7.78. The number of ether oxygens (including phenoxy) is 1. The summed E-state index contributed by atoms with van der Waals surface area (Å²) in [5.74, 6) is 0.336. The molecule has 1 aromatic rings. The summed E-state index contributed by atoms with van der Waals surface area (Å²) in [6, 6.07) is 5.74. The summed E-state index contributed by atoms with van der Waals surface area (Å²) in [5, 5.41) is 3.40. The van der Waals surface area contributed by atoms with Crippen LogP contribution in [0.25, 0.3) is 0 Å². The second-order valence-corrected chi connectivity index (χ2v) is 5.66. The molecule has 1 rings (SSSR count). The third-order valence-electron chi connectivity index (χ3n) is 3.29. The van der Waals surface area contributed by atoms with Crippen molar-refractivity contribution in [1.29, 1.82) is 0 Å². The Kier molecular flexibility index (Phi) is 6.36. The number of rotatable bonds is 7. The van der Waals surface area contributed by atoms with Crippen molar-refractivity contribution in [1.82, 2.24) is 0 Å². The van der Waals surface area contributed by atoms with Crippen LogP contribution in [0.15, 0.2) is 18.2 Å². The second-order valence-electron chi connectivity index (χ2n) is 5.66. The van der Waals surface area contributed by atoms with Gasteiger partial charge in [0.05, 0.1) is 12.7 Å². The molecule has 0 aliphatic heterocycles. The Morgan fingerprint density at radius 2 is 2.00 bits per heavy atom. The van der Waals surface area contributed by atoms with Crippen molar-refractivity contribution >= 4 is 17.3 Å². The van der Waals surface area contributed by atoms with E-state index in [-0.39, 0.29) is 0 Å². The molecule has 0 fully saturated rings. The van der Waals surface area contributed by atoms with Crippen LogP contribution in [0.4, 0.5) is 11.4 Å². The van der Waals surface area contributed by atoms with E-state index in [1.165, 1.54) is 20.0 Å². The molecule has 1 atom stereocenters. The summed E-state index contributed by atoms with van der Waals surface area (Å²) < 4.78 is 4.72. The van der Waals surface area contributed by atoms with Crippen molar-refractivity contribution < 1.29 is 9.53 Å². The van der Waals surface area contributed by atoms with Crippen LogP contribution < -0.4 is 11.1 Å². The maximum Gasteiger partial charge on any atom is 0.340 e. The van der Waals surface area contributed by atoms with Crippen LogP contribution in [0.3, 0.4) is 0 Å². The number of esters is 1. The number of nitrogens with two attached hydrogens (primary N) is 1. The predicted molar refractivity (Wildman–Crippen MR) is 84.0 cm³/mol. The van der Waals surface area contributed by atoms with E-state index in [1.807, 2.05) is 6.07 Å². The number of benzene rings is 1. The monoisotopic (exact) mass is 278 g/mol. The number of carbonyl (C=O) groups is 1. The molecule has 112 valence electrons. The van der Waals surface area contributed by atoms with Crippen molar-refractivity contribution in [2.75, 3.05) is 18.2 Å². The highest BCUT2D eigenvalue weighted by atomic mass is 16.5. The number of methoxy groups -OCH3 is 1. The van der Waals surface area contributed by atoms with E-state index in [0.717, 1.165) is 18.0 Å². The predicted octanol–water partition coefficient (Wildman–Crippen LogP) is 3.68. The number of nitrogens with one attached hydrogen (secondary N) is 1. The molecule has 0 radical (unpaired) electrons. The van der Waals surface area contributed by atoms with Crippen LogP contribution in [0.2, 0.25) is 0 Å². The Morgan fingerprint density at radius 3 is 2.60 bits per heavy atom. The Bertz CT molecular complexity index is 444. The lowest BCUT2D eigenvalue weighted by atomic mass is 10.0. The summed E-state index contributed by atoms with van der Waals surface area (Å²) in [6.07, 6.45) is 3.54. The molecule has 0 spiro atoms. The molecule has 0 aliphatic carbocycles. The molecule has 0 aromatic heterocycles. The van der Waals surface area contributed by atoms with Gasteiger partial charge in [0.2, 0.25) is 0 Å². The normalized spacial score (nSPS) is 12.2. The highest BCUT2D eigenvalue weighted by Gasteiger charge is 2.11. The third kappa shape index (κ3) is 5.11. The first-order valence-corrected chi connectivity index (χ1v) is 7.18. The van der Waals surface area contributed by atoms with Crippen LogP contribution in [0, 0.1) is 5.92 Å². The molecule has 20 heavy (non-hydrogen) atoms. The molecule has 0 saturated carbocycles. The molecule has 0 bridgehead atoms. The molecule has 1 aromatic carbocycles. The molecular weight excluding hydrogens is 252 g/mol. The average molecular weight is 278 g/mol. The van der Waals surface area contributed by atoms with E-state index in [1.54, 1.807) is 12.1 Å². The molecule has 3 N–H and O–H groups in total. The first kappa shape index (κ1) is 16.3. The standard InChI is InChI=1S/C16H26N2O2/c1-11(2)6-5-7-12(3)18-13-8-9-15(17)14(10-13)16(19)20-4/h8-12,18H,5-7,17H2,1-4H3. The minimum atomic E-state index is -0.404. The minimum absolute atomic E-state index is 0.364. The average Bonchev–Trinajstić information content (AvgIpc) is 2.39. The zero-order valence-corrected chi connectivity index (χ0v) is 12.9. The first-order chi connectivity index (χ1) is 9.43. The number of carbonyl (C=O) groups excluding carboxylic acids is 1. The number of nitrogen functional groups attached to an aromatic ring is 1. The van der Waals surface area contributed by atoms with Gasteiger partial charge in [-0.25, -0.2) is 4.79 Å². The molecule has 4 nitrogen and oxygen atoms in total. The molecule has 0 amide bonds. The van der Waals surface area contributed by atoms with Gasteiger partial charge in [-0.1, -0.05) is 26.7 Å². The Morgan fingerprint density at radius 1 is 1.30 bits per heavy atom. The largest absolute Gasteiger partial charge is 0.465 e. The molecule has 0 heterocycles. The van der Waals surface area contributed by atoms with Gasteiger partial charge in [0.1, 0.15) is 0 Å². The number of hydrogen-bond acceptors (Lipinski definition) is 4.